The molecule has 0 aliphatic carbocycles. The van der Waals surface area contributed by atoms with Gasteiger partial charge in [0.05, 0.1) is 21.2 Å². The summed E-state index contributed by atoms with van der Waals surface area (Å²) in [5, 5.41) is 8.03. The summed E-state index contributed by atoms with van der Waals surface area (Å²) in [6.45, 7) is 1.86. The number of benzene rings is 2. The largest absolute Gasteiger partial charge is 0.350 e. The number of rotatable bonds is 8. The predicted molar refractivity (Wildman–Crippen MR) is 114 cm³/mol. The quantitative estimate of drug-likeness (QED) is 0.415. The average molecular weight is 436 g/mol. The fourth-order valence-corrected chi connectivity index (χ4v) is 5.24. The molecule has 1 amide bonds. The molecule has 0 aliphatic rings. The van der Waals surface area contributed by atoms with E-state index in [4.69, 9.17) is 5.14 Å². The Morgan fingerprint density at radius 3 is 2.61 bits per heavy atom. The van der Waals surface area contributed by atoms with E-state index in [0.717, 1.165) is 27.6 Å². The average Bonchev–Trinajstić information content (AvgIpc) is 3.07. The summed E-state index contributed by atoms with van der Waals surface area (Å²) in [7, 11) is -3.71. The standard InChI is InChI=1S/C19H21N3O3S3/c1-13(14-8-10-15(11-9-14)28(20,24)25)21-18(23)7-4-12-26-19-22-16-5-2-3-6-17(16)27-19/h2-3,5-6,8-11,13H,4,7,12H2,1H3,(H,21,23)(H2,20,24,25)/t13-/m1/s1. The maximum absolute atomic E-state index is 12.2. The summed E-state index contributed by atoms with van der Waals surface area (Å²) < 4.78 is 24.8. The molecule has 0 aliphatic heterocycles. The Bertz CT molecular complexity index is 1030. The van der Waals surface area contributed by atoms with Gasteiger partial charge < -0.3 is 5.32 Å². The fraction of sp³-hybridized carbons (Fsp3) is 0.263. The molecule has 2 aromatic carbocycles. The minimum absolute atomic E-state index is 0.0343. The lowest BCUT2D eigenvalue weighted by Crippen LogP contribution is -2.26. The van der Waals surface area contributed by atoms with Crippen molar-refractivity contribution in [2.24, 2.45) is 5.14 Å². The van der Waals surface area contributed by atoms with Crippen LogP contribution in [0.3, 0.4) is 0 Å². The molecule has 3 aromatic rings. The van der Waals surface area contributed by atoms with Crippen molar-refractivity contribution in [1.29, 1.82) is 0 Å². The van der Waals surface area contributed by atoms with E-state index in [0.29, 0.717) is 6.42 Å². The number of sulfonamides is 1. The second kappa shape index (κ2) is 9.04. The number of amides is 1. The van der Waals surface area contributed by atoms with Gasteiger partial charge in [0.2, 0.25) is 15.9 Å². The first kappa shape index (κ1) is 20.8. The van der Waals surface area contributed by atoms with Crippen molar-refractivity contribution in [2.45, 2.75) is 35.0 Å². The number of para-hydroxylation sites is 1. The van der Waals surface area contributed by atoms with Crippen LogP contribution in [0.4, 0.5) is 0 Å². The molecule has 0 unspecified atom stereocenters. The van der Waals surface area contributed by atoms with E-state index in [2.05, 4.69) is 16.4 Å². The number of nitrogens with zero attached hydrogens (tertiary/aromatic N) is 1. The van der Waals surface area contributed by atoms with Crippen LogP contribution in [0.1, 0.15) is 31.4 Å². The first-order valence-corrected chi connectivity index (χ1v) is 12.1. The van der Waals surface area contributed by atoms with Crippen molar-refractivity contribution in [2.75, 3.05) is 5.75 Å². The molecule has 3 N–H and O–H groups in total. The van der Waals surface area contributed by atoms with Crippen LogP contribution in [0.25, 0.3) is 10.2 Å². The highest BCUT2D eigenvalue weighted by Crippen LogP contribution is 2.29. The highest BCUT2D eigenvalue weighted by Gasteiger charge is 2.12. The predicted octanol–water partition coefficient (Wildman–Crippen LogP) is 3.69. The van der Waals surface area contributed by atoms with E-state index in [9.17, 15) is 13.2 Å². The second-order valence-electron chi connectivity index (χ2n) is 6.30. The van der Waals surface area contributed by atoms with Gasteiger partial charge in [0.15, 0.2) is 4.34 Å². The Morgan fingerprint density at radius 1 is 1.21 bits per heavy atom. The number of nitrogens with one attached hydrogen (secondary N) is 1. The fourth-order valence-electron chi connectivity index (χ4n) is 2.65. The number of hydrogen-bond acceptors (Lipinski definition) is 6. The molecule has 0 saturated heterocycles. The molecule has 0 spiro atoms. The Kier molecular flexibility index (Phi) is 6.71. The molecule has 3 rings (SSSR count). The van der Waals surface area contributed by atoms with E-state index in [1.807, 2.05) is 25.1 Å². The van der Waals surface area contributed by atoms with Crippen LogP contribution >= 0.6 is 23.1 Å². The van der Waals surface area contributed by atoms with Crippen LogP contribution in [-0.4, -0.2) is 25.1 Å². The third-order valence-electron chi connectivity index (χ3n) is 4.13. The lowest BCUT2D eigenvalue weighted by atomic mass is 10.1. The summed E-state index contributed by atoms with van der Waals surface area (Å²) in [4.78, 5) is 16.8. The number of aromatic nitrogens is 1. The van der Waals surface area contributed by atoms with Crippen LogP contribution in [0.2, 0.25) is 0 Å². The molecule has 1 aromatic heterocycles. The van der Waals surface area contributed by atoms with E-state index < -0.39 is 10.0 Å². The maximum atomic E-state index is 12.2. The van der Waals surface area contributed by atoms with Gasteiger partial charge in [-0.25, -0.2) is 18.5 Å². The minimum atomic E-state index is -3.71. The van der Waals surface area contributed by atoms with Crippen LogP contribution in [0.15, 0.2) is 57.8 Å². The zero-order valence-corrected chi connectivity index (χ0v) is 17.7. The molecule has 0 bridgehead atoms. The number of primary sulfonamides is 1. The van der Waals surface area contributed by atoms with Gasteiger partial charge in [0, 0.05) is 12.2 Å². The first-order chi connectivity index (χ1) is 13.3. The van der Waals surface area contributed by atoms with Gasteiger partial charge in [-0.15, -0.1) is 11.3 Å². The Balaban J connectivity index is 1.43. The summed E-state index contributed by atoms with van der Waals surface area (Å²) in [5.41, 5.74) is 1.83. The highest BCUT2D eigenvalue weighted by molar-refractivity contribution is 8.01. The Hall–Kier alpha value is -1.94. The molecule has 148 valence electrons. The third-order valence-corrected chi connectivity index (χ3v) is 7.33. The van der Waals surface area contributed by atoms with Crippen molar-refractivity contribution >= 4 is 49.2 Å². The van der Waals surface area contributed by atoms with E-state index in [-0.39, 0.29) is 16.8 Å². The normalized spacial score (nSPS) is 12.8. The number of nitrogens with two attached hydrogens (primary N) is 1. The summed E-state index contributed by atoms with van der Waals surface area (Å²) in [5.74, 6) is 0.790. The van der Waals surface area contributed by atoms with Gasteiger partial charge in [-0.05, 0) is 43.2 Å². The molecular weight excluding hydrogens is 414 g/mol. The SMILES string of the molecule is C[C@@H](NC(=O)CCCSc1nc2ccccc2s1)c1ccc(S(N)(=O)=O)cc1. The molecule has 6 nitrogen and oxygen atoms in total. The summed E-state index contributed by atoms with van der Waals surface area (Å²) in [6.07, 6.45) is 1.18. The van der Waals surface area contributed by atoms with Crippen molar-refractivity contribution in [3.8, 4) is 0 Å². The van der Waals surface area contributed by atoms with Crippen molar-refractivity contribution in [1.82, 2.24) is 10.3 Å². The second-order valence-corrected chi connectivity index (χ2v) is 10.2. The van der Waals surface area contributed by atoms with Gasteiger partial charge >= 0.3 is 0 Å². The van der Waals surface area contributed by atoms with Gasteiger partial charge in [-0.3, -0.25) is 4.79 Å². The summed E-state index contributed by atoms with van der Waals surface area (Å²) in [6, 6.07) is 14.0. The van der Waals surface area contributed by atoms with E-state index in [1.54, 1.807) is 35.2 Å². The van der Waals surface area contributed by atoms with Gasteiger partial charge in [-0.2, -0.15) is 0 Å². The minimum Gasteiger partial charge on any atom is -0.350 e. The van der Waals surface area contributed by atoms with Crippen molar-refractivity contribution in [3.63, 3.8) is 0 Å². The number of carbonyl (C=O) groups is 1. The number of carbonyl (C=O) groups excluding carboxylic acids is 1. The molecule has 1 atom stereocenters. The molecule has 28 heavy (non-hydrogen) atoms. The molecule has 0 radical (unpaired) electrons. The maximum Gasteiger partial charge on any atom is 0.238 e. The molecule has 1 heterocycles. The van der Waals surface area contributed by atoms with Crippen LogP contribution in [0, 0.1) is 0 Å². The number of thiazole rings is 1. The Morgan fingerprint density at radius 2 is 1.93 bits per heavy atom. The number of hydrogen-bond donors (Lipinski definition) is 2. The topological polar surface area (TPSA) is 102 Å². The number of fused-ring (bicyclic) bond motifs is 1. The van der Waals surface area contributed by atoms with Crippen molar-refractivity contribution in [3.05, 3.63) is 54.1 Å². The summed E-state index contributed by atoms with van der Waals surface area (Å²) >= 11 is 3.33. The third kappa shape index (κ3) is 5.54. The lowest BCUT2D eigenvalue weighted by Gasteiger charge is -2.14. The molecule has 9 heteroatoms. The number of thioether (sulfide) groups is 1. The monoisotopic (exact) mass is 435 g/mol. The van der Waals surface area contributed by atoms with Gasteiger partial charge in [0.25, 0.3) is 0 Å². The van der Waals surface area contributed by atoms with Crippen LogP contribution < -0.4 is 10.5 Å². The van der Waals surface area contributed by atoms with Crippen LogP contribution in [-0.2, 0) is 14.8 Å². The zero-order valence-electron chi connectivity index (χ0n) is 15.3. The van der Waals surface area contributed by atoms with Gasteiger partial charge in [-0.1, -0.05) is 36.0 Å². The first-order valence-electron chi connectivity index (χ1n) is 8.73. The van der Waals surface area contributed by atoms with Gasteiger partial charge in [0.1, 0.15) is 0 Å². The molecular formula is C19H21N3O3S3. The molecule has 0 fully saturated rings. The lowest BCUT2D eigenvalue weighted by molar-refractivity contribution is -0.121. The van der Waals surface area contributed by atoms with Crippen LogP contribution in [0.5, 0.6) is 0 Å². The Labute approximate surface area is 172 Å². The smallest absolute Gasteiger partial charge is 0.238 e. The van der Waals surface area contributed by atoms with E-state index in [1.165, 1.54) is 16.8 Å². The highest BCUT2D eigenvalue weighted by atomic mass is 32.2. The molecule has 0 saturated carbocycles. The van der Waals surface area contributed by atoms with E-state index >= 15 is 0 Å². The van der Waals surface area contributed by atoms with Crippen molar-refractivity contribution < 1.29 is 13.2 Å². The zero-order chi connectivity index (χ0) is 20.1.